The van der Waals surface area contributed by atoms with Gasteiger partial charge in [0.1, 0.15) is 0 Å². The fraction of sp³-hybridized carbons (Fsp3) is 0.471. The molecule has 0 heterocycles. The summed E-state index contributed by atoms with van der Waals surface area (Å²) in [6, 6.07) is 9.73. The Morgan fingerprint density at radius 1 is 1.19 bits per heavy atom. The van der Waals surface area contributed by atoms with Gasteiger partial charge < -0.3 is 9.16 Å². The first-order valence-electron chi connectivity index (χ1n) is 7.15. The second-order valence-electron chi connectivity index (χ2n) is 6.62. The molecule has 116 valence electrons. The van der Waals surface area contributed by atoms with E-state index in [1.807, 2.05) is 36.4 Å². The third kappa shape index (κ3) is 5.14. The molecular weight excluding hydrogens is 280 g/mol. The van der Waals surface area contributed by atoms with E-state index in [0.717, 1.165) is 5.56 Å². The van der Waals surface area contributed by atoms with Crippen molar-refractivity contribution >= 4 is 20.4 Å². The van der Waals surface area contributed by atoms with E-state index in [-0.39, 0.29) is 17.6 Å². The highest BCUT2D eigenvalue weighted by Gasteiger charge is 2.37. The molecule has 0 saturated carbocycles. The predicted molar refractivity (Wildman–Crippen MR) is 89.6 cm³/mol. The Bertz CT molecular complexity index is 499. The van der Waals surface area contributed by atoms with Crippen molar-refractivity contribution in [3.63, 3.8) is 0 Å². The molecule has 4 heteroatoms. The lowest BCUT2D eigenvalue weighted by Gasteiger charge is -2.36. The predicted octanol–water partition coefficient (Wildman–Crippen LogP) is 4.26. The first-order valence-corrected chi connectivity index (χ1v) is 10.1. The molecule has 0 aliphatic heterocycles. The standard InChI is InChI=1S/C17H26O3Si/c1-17(2,3)21(5,6)20-13-15(16(18)19-4)12-14-10-8-7-9-11-14/h7-12H,13H2,1-6H3. The van der Waals surface area contributed by atoms with Gasteiger partial charge in [-0.15, -0.1) is 0 Å². The SMILES string of the molecule is COC(=O)C(=Cc1ccccc1)CO[Si](C)(C)C(C)(C)C. The molecule has 0 amide bonds. The first-order chi connectivity index (χ1) is 9.67. The first kappa shape index (κ1) is 17.7. The number of methoxy groups -OCH3 is 1. The minimum absolute atomic E-state index is 0.112. The zero-order valence-electron chi connectivity index (χ0n) is 13.9. The van der Waals surface area contributed by atoms with Crippen molar-refractivity contribution in [1.29, 1.82) is 0 Å². The summed E-state index contributed by atoms with van der Waals surface area (Å²) in [5.41, 5.74) is 1.52. The molecular formula is C17H26O3Si. The van der Waals surface area contributed by atoms with Gasteiger partial charge in [-0.25, -0.2) is 4.79 Å². The van der Waals surface area contributed by atoms with Crippen LogP contribution in [0.5, 0.6) is 0 Å². The van der Waals surface area contributed by atoms with Gasteiger partial charge in [0, 0.05) is 0 Å². The third-order valence-corrected chi connectivity index (χ3v) is 8.46. The second-order valence-corrected chi connectivity index (χ2v) is 11.4. The molecule has 21 heavy (non-hydrogen) atoms. The zero-order chi connectivity index (χ0) is 16.1. The number of esters is 1. The van der Waals surface area contributed by atoms with E-state index in [1.165, 1.54) is 7.11 Å². The zero-order valence-corrected chi connectivity index (χ0v) is 14.9. The van der Waals surface area contributed by atoms with Gasteiger partial charge >= 0.3 is 5.97 Å². The van der Waals surface area contributed by atoms with E-state index in [9.17, 15) is 4.79 Å². The number of hydrogen-bond donors (Lipinski definition) is 0. The third-order valence-electron chi connectivity index (χ3n) is 3.98. The quantitative estimate of drug-likeness (QED) is 0.463. The van der Waals surface area contributed by atoms with Gasteiger partial charge in [0.2, 0.25) is 0 Å². The topological polar surface area (TPSA) is 35.5 Å². The Morgan fingerprint density at radius 2 is 1.76 bits per heavy atom. The Morgan fingerprint density at radius 3 is 2.24 bits per heavy atom. The fourth-order valence-corrected chi connectivity index (χ4v) is 2.47. The lowest BCUT2D eigenvalue weighted by molar-refractivity contribution is -0.136. The van der Waals surface area contributed by atoms with Gasteiger partial charge in [-0.2, -0.15) is 0 Å². The van der Waals surface area contributed by atoms with Crippen LogP contribution in [0.25, 0.3) is 6.08 Å². The van der Waals surface area contributed by atoms with Crippen molar-refractivity contribution in [2.45, 2.75) is 38.9 Å². The summed E-state index contributed by atoms with van der Waals surface area (Å²) in [5.74, 6) is -0.336. The monoisotopic (exact) mass is 306 g/mol. The normalized spacial score (nSPS) is 13.1. The fourth-order valence-electron chi connectivity index (χ4n) is 1.52. The number of carbonyl (C=O) groups is 1. The van der Waals surface area contributed by atoms with Crippen LogP contribution < -0.4 is 0 Å². The molecule has 0 aromatic heterocycles. The van der Waals surface area contributed by atoms with Crippen LogP contribution in [0.15, 0.2) is 35.9 Å². The van der Waals surface area contributed by atoms with Crippen LogP contribution in [0.1, 0.15) is 26.3 Å². The Balaban J connectivity index is 2.91. The van der Waals surface area contributed by atoms with Crippen molar-refractivity contribution in [1.82, 2.24) is 0 Å². The van der Waals surface area contributed by atoms with Crippen molar-refractivity contribution in [2.24, 2.45) is 0 Å². The van der Waals surface area contributed by atoms with E-state index in [2.05, 4.69) is 33.9 Å². The maximum Gasteiger partial charge on any atom is 0.336 e. The van der Waals surface area contributed by atoms with Gasteiger partial charge in [0.15, 0.2) is 8.32 Å². The average molecular weight is 306 g/mol. The molecule has 0 N–H and O–H groups in total. The number of hydrogen-bond acceptors (Lipinski definition) is 3. The summed E-state index contributed by atoms with van der Waals surface area (Å²) < 4.78 is 11.0. The van der Waals surface area contributed by atoms with Crippen molar-refractivity contribution < 1.29 is 14.0 Å². The van der Waals surface area contributed by atoms with Crippen LogP contribution in [0.3, 0.4) is 0 Å². The molecule has 0 spiro atoms. The molecule has 3 nitrogen and oxygen atoms in total. The van der Waals surface area contributed by atoms with E-state index in [0.29, 0.717) is 5.57 Å². The Kier molecular flexibility index (Phi) is 5.93. The molecule has 1 rings (SSSR count). The summed E-state index contributed by atoms with van der Waals surface area (Å²) in [5, 5.41) is 0.112. The highest BCUT2D eigenvalue weighted by molar-refractivity contribution is 6.74. The van der Waals surface area contributed by atoms with Crippen molar-refractivity contribution in [2.75, 3.05) is 13.7 Å². The van der Waals surface area contributed by atoms with E-state index >= 15 is 0 Å². The van der Waals surface area contributed by atoms with Gasteiger partial charge in [0.25, 0.3) is 0 Å². The summed E-state index contributed by atoms with van der Waals surface area (Å²) in [7, 11) is -0.496. The minimum Gasteiger partial charge on any atom is -0.466 e. The van der Waals surface area contributed by atoms with Crippen LogP contribution >= 0.6 is 0 Å². The van der Waals surface area contributed by atoms with Crippen LogP contribution in [-0.4, -0.2) is 28.0 Å². The van der Waals surface area contributed by atoms with Gasteiger partial charge in [0.05, 0.1) is 19.3 Å². The molecule has 0 aliphatic carbocycles. The summed E-state index contributed by atoms with van der Waals surface area (Å²) >= 11 is 0. The van der Waals surface area contributed by atoms with Gasteiger partial charge in [-0.05, 0) is 29.8 Å². The molecule has 0 fully saturated rings. The lowest BCUT2D eigenvalue weighted by Crippen LogP contribution is -2.41. The number of ether oxygens (including phenoxy) is 1. The Labute approximate surface area is 129 Å². The lowest BCUT2D eigenvalue weighted by atomic mass is 10.1. The second kappa shape index (κ2) is 7.05. The van der Waals surface area contributed by atoms with Crippen molar-refractivity contribution in [3.8, 4) is 0 Å². The van der Waals surface area contributed by atoms with Crippen LogP contribution in [0.4, 0.5) is 0 Å². The van der Waals surface area contributed by atoms with Crippen molar-refractivity contribution in [3.05, 3.63) is 41.5 Å². The summed E-state index contributed by atoms with van der Waals surface area (Å²) in [6.07, 6.45) is 1.83. The van der Waals surface area contributed by atoms with Crippen LogP contribution in [0, 0.1) is 0 Å². The highest BCUT2D eigenvalue weighted by atomic mass is 28.4. The number of rotatable bonds is 5. The van der Waals surface area contributed by atoms with E-state index in [4.69, 9.17) is 9.16 Å². The molecule has 1 aromatic carbocycles. The van der Waals surface area contributed by atoms with Crippen LogP contribution in [-0.2, 0) is 14.0 Å². The molecule has 0 radical (unpaired) electrons. The van der Waals surface area contributed by atoms with Crippen LogP contribution in [0.2, 0.25) is 18.1 Å². The summed E-state index contributed by atoms with van der Waals surface area (Å²) in [6.45, 7) is 11.2. The number of carbonyl (C=O) groups excluding carboxylic acids is 1. The number of benzene rings is 1. The largest absolute Gasteiger partial charge is 0.466 e. The highest BCUT2D eigenvalue weighted by Crippen LogP contribution is 2.36. The molecule has 0 aliphatic rings. The molecule has 1 aromatic rings. The summed E-state index contributed by atoms with van der Waals surface area (Å²) in [4.78, 5) is 11.9. The van der Waals surface area contributed by atoms with E-state index < -0.39 is 8.32 Å². The molecule has 0 atom stereocenters. The molecule has 0 unspecified atom stereocenters. The van der Waals surface area contributed by atoms with Gasteiger partial charge in [-0.3, -0.25) is 0 Å². The smallest absolute Gasteiger partial charge is 0.336 e. The van der Waals surface area contributed by atoms with E-state index in [1.54, 1.807) is 0 Å². The van der Waals surface area contributed by atoms with Gasteiger partial charge in [-0.1, -0.05) is 51.1 Å². The minimum atomic E-state index is -1.89. The Hall–Kier alpha value is -1.39. The maximum absolute atomic E-state index is 11.9. The molecule has 0 bridgehead atoms. The maximum atomic E-state index is 11.9. The molecule has 0 saturated heterocycles. The average Bonchev–Trinajstić information content (AvgIpc) is 2.42.